The van der Waals surface area contributed by atoms with Gasteiger partial charge in [0, 0.05) is 27.3 Å². The van der Waals surface area contributed by atoms with Gasteiger partial charge in [0.05, 0.1) is 11.2 Å². The second kappa shape index (κ2) is 4.44. The topological polar surface area (TPSA) is 64.9 Å². The maximum absolute atomic E-state index is 6.07. The highest BCUT2D eigenvalue weighted by molar-refractivity contribution is 6.30. The van der Waals surface area contributed by atoms with Gasteiger partial charge in [0.1, 0.15) is 0 Å². The Hall–Kier alpha value is -2.26. The minimum absolute atomic E-state index is 0.660. The van der Waals surface area contributed by atoms with Crippen molar-refractivity contribution in [2.24, 2.45) is 0 Å². The number of halogens is 1. The van der Waals surface area contributed by atoms with Crippen LogP contribution >= 0.6 is 11.6 Å². The van der Waals surface area contributed by atoms with Crippen molar-refractivity contribution in [3.8, 4) is 11.3 Å². The normalized spacial score (nSPS) is 10.8. The van der Waals surface area contributed by atoms with Crippen LogP contribution in [0.1, 0.15) is 0 Å². The van der Waals surface area contributed by atoms with Gasteiger partial charge in [-0.1, -0.05) is 23.7 Å². The Morgan fingerprint density at radius 2 is 1.79 bits per heavy atom. The molecule has 0 saturated carbocycles. The van der Waals surface area contributed by atoms with Gasteiger partial charge >= 0.3 is 0 Å². The molecule has 3 rings (SSSR count). The molecule has 1 aromatic heterocycles. The zero-order chi connectivity index (χ0) is 13.4. The van der Waals surface area contributed by atoms with E-state index in [1.807, 2.05) is 48.5 Å². The SMILES string of the molecule is Nc1ccc2nc(-c3cccc(Cl)c3)cc(N)c2c1. The van der Waals surface area contributed by atoms with E-state index >= 15 is 0 Å². The molecule has 0 spiro atoms. The number of pyridine rings is 1. The lowest BCUT2D eigenvalue weighted by Gasteiger charge is -2.07. The van der Waals surface area contributed by atoms with E-state index in [0.29, 0.717) is 16.4 Å². The van der Waals surface area contributed by atoms with Crippen LogP contribution in [0.4, 0.5) is 11.4 Å². The second-order valence-corrected chi connectivity index (χ2v) is 4.82. The van der Waals surface area contributed by atoms with Crippen molar-refractivity contribution in [1.82, 2.24) is 4.98 Å². The predicted molar refractivity (Wildman–Crippen MR) is 81.0 cm³/mol. The van der Waals surface area contributed by atoms with Gasteiger partial charge in [-0.3, -0.25) is 0 Å². The van der Waals surface area contributed by atoms with Gasteiger partial charge in [0.25, 0.3) is 0 Å². The number of fused-ring (bicyclic) bond motifs is 1. The molecule has 0 aliphatic heterocycles. The summed E-state index contributed by atoms with van der Waals surface area (Å²) < 4.78 is 0. The van der Waals surface area contributed by atoms with Crippen LogP contribution in [0.3, 0.4) is 0 Å². The zero-order valence-corrected chi connectivity index (χ0v) is 10.9. The van der Waals surface area contributed by atoms with Crippen LogP contribution in [0.5, 0.6) is 0 Å². The Morgan fingerprint density at radius 3 is 2.58 bits per heavy atom. The average Bonchev–Trinajstić information content (AvgIpc) is 2.39. The molecule has 94 valence electrons. The van der Waals surface area contributed by atoms with Crippen LogP contribution in [0.25, 0.3) is 22.2 Å². The smallest absolute Gasteiger partial charge is 0.0731 e. The zero-order valence-electron chi connectivity index (χ0n) is 10.1. The highest BCUT2D eigenvalue weighted by atomic mass is 35.5. The van der Waals surface area contributed by atoms with Crippen LogP contribution in [-0.2, 0) is 0 Å². The van der Waals surface area contributed by atoms with E-state index in [0.717, 1.165) is 22.2 Å². The van der Waals surface area contributed by atoms with E-state index in [9.17, 15) is 0 Å². The molecule has 0 aliphatic carbocycles. The highest BCUT2D eigenvalue weighted by Gasteiger charge is 2.06. The molecule has 4 N–H and O–H groups in total. The molecule has 0 saturated heterocycles. The number of nitrogen functional groups attached to an aromatic ring is 2. The molecule has 0 radical (unpaired) electrons. The minimum atomic E-state index is 0.660. The molecule has 0 bridgehead atoms. The molecule has 3 aromatic rings. The first-order valence-electron chi connectivity index (χ1n) is 5.85. The summed E-state index contributed by atoms with van der Waals surface area (Å²) >= 11 is 6.00. The van der Waals surface area contributed by atoms with Crippen LogP contribution in [-0.4, -0.2) is 4.98 Å². The Labute approximate surface area is 115 Å². The van der Waals surface area contributed by atoms with Gasteiger partial charge < -0.3 is 11.5 Å². The number of nitrogens with zero attached hydrogens (tertiary/aromatic N) is 1. The Balaban J connectivity index is 2.24. The van der Waals surface area contributed by atoms with Gasteiger partial charge in [-0.15, -0.1) is 0 Å². The third kappa shape index (κ3) is 2.20. The second-order valence-electron chi connectivity index (χ2n) is 4.38. The van der Waals surface area contributed by atoms with Crippen molar-refractivity contribution in [3.05, 3.63) is 53.6 Å². The number of nitrogens with two attached hydrogens (primary N) is 2. The lowest BCUT2D eigenvalue weighted by atomic mass is 10.1. The Bertz CT molecular complexity index is 768. The maximum Gasteiger partial charge on any atom is 0.0731 e. The van der Waals surface area contributed by atoms with Crippen molar-refractivity contribution < 1.29 is 0 Å². The molecule has 19 heavy (non-hydrogen) atoms. The number of anilines is 2. The predicted octanol–water partition coefficient (Wildman–Crippen LogP) is 3.72. The molecule has 0 fully saturated rings. The summed E-state index contributed by atoms with van der Waals surface area (Å²) in [4.78, 5) is 4.59. The summed E-state index contributed by atoms with van der Waals surface area (Å²) in [7, 11) is 0. The molecule has 1 heterocycles. The first-order chi connectivity index (χ1) is 9.13. The number of hydrogen-bond donors (Lipinski definition) is 2. The first kappa shape index (κ1) is 11.8. The monoisotopic (exact) mass is 269 g/mol. The molecule has 3 nitrogen and oxygen atoms in total. The van der Waals surface area contributed by atoms with E-state index < -0.39 is 0 Å². The summed E-state index contributed by atoms with van der Waals surface area (Å²) in [5.41, 5.74) is 15.7. The van der Waals surface area contributed by atoms with Crippen molar-refractivity contribution in [2.75, 3.05) is 11.5 Å². The summed E-state index contributed by atoms with van der Waals surface area (Å²) in [6, 6.07) is 14.9. The fourth-order valence-electron chi connectivity index (χ4n) is 2.07. The van der Waals surface area contributed by atoms with E-state index in [-0.39, 0.29) is 0 Å². The molecule has 2 aromatic carbocycles. The quantitative estimate of drug-likeness (QED) is 0.662. The lowest BCUT2D eigenvalue weighted by Crippen LogP contribution is -1.94. The number of rotatable bonds is 1. The Morgan fingerprint density at radius 1 is 0.947 bits per heavy atom. The third-order valence-electron chi connectivity index (χ3n) is 2.99. The van der Waals surface area contributed by atoms with Crippen molar-refractivity contribution in [2.45, 2.75) is 0 Å². The average molecular weight is 270 g/mol. The fourth-order valence-corrected chi connectivity index (χ4v) is 2.26. The largest absolute Gasteiger partial charge is 0.399 e. The van der Waals surface area contributed by atoms with Crippen LogP contribution in [0.2, 0.25) is 5.02 Å². The molecule has 0 unspecified atom stereocenters. The minimum Gasteiger partial charge on any atom is -0.399 e. The standard InChI is InChI=1S/C15H12ClN3/c16-10-3-1-2-9(6-10)15-8-13(18)12-7-11(17)4-5-14(12)19-15/h1-8H,17H2,(H2,18,19). The summed E-state index contributed by atoms with van der Waals surface area (Å²) in [5.74, 6) is 0. The van der Waals surface area contributed by atoms with Gasteiger partial charge in [-0.2, -0.15) is 0 Å². The lowest BCUT2D eigenvalue weighted by molar-refractivity contribution is 1.40. The van der Waals surface area contributed by atoms with Crippen molar-refractivity contribution >= 4 is 33.9 Å². The number of aromatic nitrogens is 1. The third-order valence-corrected chi connectivity index (χ3v) is 3.22. The molecular weight excluding hydrogens is 258 g/mol. The maximum atomic E-state index is 6.07. The molecule has 4 heteroatoms. The molecule has 0 amide bonds. The van der Waals surface area contributed by atoms with Crippen molar-refractivity contribution in [1.29, 1.82) is 0 Å². The van der Waals surface area contributed by atoms with Gasteiger partial charge in [0.2, 0.25) is 0 Å². The molecule has 0 atom stereocenters. The van der Waals surface area contributed by atoms with E-state index in [1.165, 1.54) is 0 Å². The van der Waals surface area contributed by atoms with Crippen LogP contribution in [0, 0.1) is 0 Å². The summed E-state index contributed by atoms with van der Waals surface area (Å²) in [6.45, 7) is 0. The molecule has 0 aliphatic rings. The number of hydrogen-bond acceptors (Lipinski definition) is 3. The number of benzene rings is 2. The first-order valence-corrected chi connectivity index (χ1v) is 6.23. The van der Waals surface area contributed by atoms with E-state index in [1.54, 1.807) is 0 Å². The van der Waals surface area contributed by atoms with Crippen LogP contribution in [0.15, 0.2) is 48.5 Å². The van der Waals surface area contributed by atoms with Crippen LogP contribution < -0.4 is 11.5 Å². The molecular formula is C15H12ClN3. The summed E-state index contributed by atoms with van der Waals surface area (Å²) in [6.07, 6.45) is 0. The highest BCUT2D eigenvalue weighted by Crippen LogP contribution is 2.28. The summed E-state index contributed by atoms with van der Waals surface area (Å²) in [5, 5.41) is 1.54. The van der Waals surface area contributed by atoms with E-state index in [4.69, 9.17) is 23.1 Å². The van der Waals surface area contributed by atoms with Gasteiger partial charge in [-0.25, -0.2) is 4.98 Å². The van der Waals surface area contributed by atoms with Gasteiger partial charge in [-0.05, 0) is 36.4 Å². The Kier molecular flexibility index (Phi) is 2.76. The van der Waals surface area contributed by atoms with Gasteiger partial charge in [0.15, 0.2) is 0 Å². The fraction of sp³-hybridized carbons (Fsp3) is 0. The van der Waals surface area contributed by atoms with E-state index in [2.05, 4.69) is 4.98 Å². The van der Waals surface area contributed by atoms with Crippen molar-refractivity contribution in [3.63, 3.8) is 0 Å².